The Morgan fingerprint density at radius 2 is 1.32 bits per heavy atom. The summed E-state index contributed by atoms with van der Waals surface area (Å²) in [7, 11) is -3.60. The third kappa shape index (κ3) is 8.47. The molecule has 15 heteroatoms. The van der Waals surface area contributed by atoms with Crippen LogP contribution < -0.4 is 19.2 Å². The van der Waals surface area contributed by atoms with E-state index in [1.165, 1.54) is 6.07 Å². The highest BCUT2D eigenvalue weighted by molar-refractivity contribution is 8.01. The zero-order valence-corrected chi connectivity index (χ0v) is 34.1. The smallest absolute Gasteiger partial charge is 0.368 e. The van der Waals surface area contributed by atoms with Crippen molar-refractivity contribution in [3.05, 3.63) is 137 Å². The number of hydrogen-bond donors (Lipinski definition) is 2. The SMILES string of the molecule is Cc1c(Cl)c(-c2cccc(N3CCN(c4ccc(NSc5ccc(NSc6ccccc6)c(S(=O)(=O)C(F)(F)F)c5)cc4)CC3)c2)c(-c2ccc(Cl)cc2)n1C. The summed E-state index contributed by atoms with van der Waals surface area (Å²) in [6, 6.07) is 36.9. The Labute approximate surface area is 343 Å². The molecule has 0 amide bonds. The minimum Gasteiger partial charge on any atom is -0.368 e. The molecule has 290 valence electrons. The lowest BCUT2D eigenvalue weighted by Crippen LogP contribution is -2.46. The van der Waals surface area contributed by atoms with Crippen LogP contribution in [-0.4, -0.2) is 44.7 Å². The first-order chi connectivity index (χ1) is 26.8. The summed E-state index contributed by atoms with van der Waals surface area (Å²) in [5.74, 6) is 0. The minimum absolute atomic E-state index is 0.156. The molecule has 1 aromatic heterocycles. The van der Waals surface area contributed by atoms with Gasteiger partial charge in [0.25, 0.3) is 9.84 Å². The summed E-state index contributed by atoms with van der Waals surface area (Å²) in [6.45, 7) is 5.23. The third-order valence-electron chi connectivity index (χ3n) is 9.60. The van der Waals surface area contributed by atoms with Gasteiger partial charge in [-0.2, -0.15) is 13.2 Å². The largest absolute Gasteiger partial charge is 0.501 e. The van der Waals surface area contributed by atoms with Crippen LogP contribution in [0.4, 0.5) is 35.9 Å². The van der Waals surface area contributed by atoms with E-state index in [1.54, 1.807) is 30.3 Å². The highest BCUT2D eigenvalue weighted by Gasteiger charge is 2.48. The second-order valence-corrected chi connectivity index (χ2v) is 17.6. The molecule has 0 unspecified atom stereocenters. The van der Waals surface area contributed by atoms with Gasteiger partial charge >= 0.3 is 5.51 Å². The van der Waals surface area contributed by atoms with Crippen LogP contribution >= 0.6 is 47.1 Å². The summed E-state index contributed by atoms with van der Waals surface area (Å²) >= 11 is 15.2. The maximum absolute atomic E-state index is 13.7. The number of nitrogens with one attached hydrogen (secondary N) is 2. The van der Waals surface area contributed by atoms with E-state index in [0.717, 1.165) is 101 Å². The first-order valence-electron chi connectivity index (χ1n) is 17.5. The number of rotatable bonds is 11. The molecule has 1 fully saturated rings. The van der Waals surface area contributed by atoms with Crippen LogP contribution in [0, 0.1) is 6.92 Å². The highest BCUT2D eigenvalue weighted by atomic mass is 35.5. The van der Waals surface area contributed by atoms with E-state index >= 15 is 0 Å². The van der Waals surface area contributed by atoms with Crippen LogP contribution in [-0.2, 0) is 16.9 Å². The molecule has 1 aliphatic heterocycles. The van der Waals surface area contributed by atoms with E-state index in [9.17, 15) is 21.6 Å². The third-order valence-corrected chi connectivity index (χ3v) is 13.5. The molecule has 2 heterocycles. The Kier molecular flexibility index (Phi) is 11.8. The summed E-state index contributed by atoms with van der Waals surface area (Å²) < 4.78 is 74.1. The number of halogens is 5. The molecule has 7 nitrogen and oxygen atoms in total. The van der Waals surface area contributed by atoms with Crippen LogP contribution in [0.5, 0.6) is 0 Å². The standard InChI is InChI=1S/C41H36Cl2F3N5O2S3/c1-27-39(43)38(40(49(27)2)28-11-13-30(42)14-12-28)29-7-6-8-33(25-29)51-23-21-50(22-24-51)32-17-15-31(16-18-32)47-55-35-19-20-36(48-54-34-9-4-3-5-10-34)37(26-35)56(52,53)41(44,45)46/h3-20,25-26,47-48H,21-24H2,1-2H3. The van der Waals surface area contributed by atoms with E-state index in [2.05, 4.69) is 48.1 Å². The van der Waals surface area contributed by atoms with E-state index in [1.807, 2.05) is 68.6 Å². The molecule has 0 spiro atoms. The lowest BCUT2D eigenvalue weighted by atomic mass is 10.00. The number of piperazine rings is 1. The lowest BCUT2D eigenvalue weighted by molar-refractivity contribution is -0.0435. The van der Waals surface area contributed by atoms with E-state index in [0.29, 0.717) is 20.5 Å². The van der Waals surface area contributed by atoms with Crippen molar-refractivity contribution in [2.45, 2.75) is 27.1 Å². The van der Waals surface area contributed by atoms with Crippen molar-refractivity contribution in [2.75, 3.05) is 45.4 Å². The maximum atomic E-state index is 13.7. The fourth-order valence-corrected chi connectivity index (χ4v) is 9.43. The second-order valence-electron chi connectivity index (χ2n) is 13.1. The van der Waals surface area contributed by atoms with E-state index in [-0.39, 0.29) is 5.69 Å². The van der Waals surface area contributed by atoms with Gasteiger partial charge in [0.15, 0.2) is 0 Å². The Bertz CT molecular complexity index is 2440. The molecule has 0 radical (unpaired) electrons. The van der Waals surface area contributed by atoms with Crippen molar-refractivity contribution in [1.82, 2.24) is 4.57 Å². The van der Waals surface area contributed by atoms with Crippen molar-refractivity contribution in [2.24, 2.45) is 7.05 Å². The van der Waals surface area contributed by atoms with Gasteiger partial charge in [-0.3, -0.25) is 0 Å². The Hall–Kier alpha value is -4.40. The normalized spacial score (nSPS) is 13.6. The first kappa shape index (κ1) is 39.8. The number of aromatic nitrogens is 1. The fourth-order valence-electron chi connectivity index (χ4n) is 6.52. The predicted molar refractivity (Wildman–Crippen MR) is 227 cm³/mol. The van der Waals surface area contributed by atoms with Crippen LogP contribution in [0.3, 0.4) is 0 Å². The van der Waals surface area contributed by atoms with Gasteiger partial charge in [-0.15, -0.1) is 0 Å². The molecule has 1 aliphatic rings. The van der Waals surface area contributed by atoms with Crippen LogP contribution in [0.25, 0.3) is 22.4 Å². The molecular weight excluding hydrogens is 819 g/mol. The van der Waals surface area contributed by atoms with Crippen LogP contribution in [0.1, 0.15) is 5.69 Å². The fraction of sp³-hybridized carbons (Fsp3) is 0.171. The van der Waals surface area contributed by atoms with Gasteiger partial charge in [-0.1, -0.05) is 65.7 Å². The molecule has 6 aromatic rings. The molecule has 0 bridgehead atoms. The van der Waals surface area contributed by atoms with Crippen molar-refractivity contribution < 1.29 is 21.6 Å². The van der Waals surface area contributed by atoms with Gasteiger partial charge in [0.2, 0.25) is 0 Å². The Balaban J connectivity index is 0.997. The van der Waals surface area contributed by atoms with Crippen molar-refractivity contribution >= 4 is 79.7 Å². The quantitative estimate of drug-likeness (QED) is 0.125. The monoisotopic (exact) mass is 853 g/mol. The lowest BCUT2D eigenvalue weighted by Gasteiger charge is -2.37. The van der Waals surface area contributed by atoms with Gasteiger partial charge in [-0.05, 0) is 121 Å². The summed E-state index contributed by atoms with van der Waals surface area (Å²) in [6.07, 6.45) is 0. The van der Waals surface area contributed by atoms with E-state index < -0.39 is 20.2 Å². The van der Waals surface area contributed by atoms with Crippen LogP contribution in [0.15, 0.2) is 136 Å². The molecule has 2 N–H and O–H groups in total. The van der Waals surface area contributed by atoms with Gasteiger partial charge in [-0.25, -0.2) is 8.42 Å². The number of alkyl halides is 3. The molecular formula is C41H36Cl2F3N5O2S3. The van der Waals surface area contributed by atoms with Gasteiger partial charge in [0.1, 0.15) is 4.90 Å². The van der Waals surface area contributed by atoms with Crippen molar-refractivity contribution in [3.63, 3.8) is 0 Å². The number of hydrogen-bond acceptors (Lipinski definition) is 8. The number of sulfone groups is 1. The molecule has 0 atom stereocenters. The van der Waals surface area contributed by atoms with Gasteiger partial charge < -0.3 is 23.8 Å². The molecule has 1 saturated heterocycles. The number of nitrogens with zero attached hydrogens (tertiary/aromatic N) is 3. The molecule has 0 saturated carbocycles. The van der Waals surface area contributed by atoms with Crippen molar-refractivity contribution in [1.29, 1.82) is 0 Å². The highest BCUT2D eigenvalue weighted by Crippen LogP contribution is 2.43. The Morgan fingerprint density at radius 1 is 0.679 bits per heavy atom. The molecule has 7 rings (SSSR count). The summed E-state index contributed by atoms with van der Waals surface area (Å²) in [5.41, 5.74) is 2.33. The topological polar surface area (TPSA) is 69.6 Å². The minimum atomic E-state index is -5.62. The Morgan fingerprint density at radius 3 is 1.98 bits per heavy atom. The van der Waals surface area contributed by atoms with Gasteiger partial charge in [0, 0.05) is 76.4 Å². The number of anilines is 4. The van der Waals surface area contributed by atoms with Gasteiger partial charge in [0.05, 0.1) is 16.4 Å². The summed E-state index contributed by atoms with van der Waals surface area (Å²) in [4.78, 5) is 4.85. The second kappa shape index (κ2) is 16.6. The molecule has 0 aliphatic carbocycles. The summed E-state index contributed by atoms with van der Waals surface area (Å²) in [5, 5.41) is 1.40. The first-order valence-corrected chi connectivity index (χ1v) is 21.3. The van der Waals surface area contributed by atoms with Crippen molar-refractivity contribution in [3.8, 4) is 22.4 Å². The number of benzene rings is 5. The van der Waals surface area contributed by atoms with Crippen LogP contribution in [0.2, 0.25) is 10.0 Å². The molecule has 56 heavy (non-hydrogen) atoms. The average Bonchev–Trinajstić information content (AvgIpc) is 3.43. The zero-order chi connectivity index (χ0) is 39.6. The van der Waals surface area contributed by atoms with E-state index in [4.69, 9.17) is 23.2 Å². The zero-order valence-electron chi connectivity index (χ0n) is 30.1. The maximum Gasteiger partial charge on any atom is 0.501 e. The predicted octanol–water partition coefficient (Wildman–Crippen LogP) is 11.8. The molecule has 5 aromatic carbocycles. The average molecular weight is 855 g/mol.